The first-order chi connectivity index (χ1) is 19.9. The number of H-pyrrole nitrogens is 1. The number of alkyl halides is 4. The molecule has 4 aromatic rings. The molecule has 0 aliphatic heterocycles. The molecule has 1 aromatic carbocycles. The first-order valence-electron chi connectivity index (χ1n) is 12.1. The Kier molecular flexibility index (Phi) is 9.56. The van der Waals surface area contributed by atoms with Crippen molar-refractivity contribution >= 4 is 28.3 Å². The van der Waals surface area contributed by atoms with Crippen molar-refractivity contribution in [2.75, 3.05) is 5.32 Å². The Balaban J connectivity index is 1.21. The number of pyridine rings is 1. The summed E-state index contributed by atoms with van der Waals surface area (Å²) in [5, 5.41) is 20.5. The van der Waals surface area contributed by atoms with Crippen LogP contribution in [0, 0.1) is 5.82 Å². The van der Waals surface area contributed by atoms with Crippen molar-refractivity contribution in [2.24, 2.45) is 0 Å². The second-order valence-electron chi connectivity index (χ2n) is 8.73. The van der Waals surface area contributed by atoms with Crippen LogP contribution < -0.4 is 20.9 Å². The molecule has 0 aliphatic carbocycles. The average molecular weight is 613 g/mol. The van der Waals surface area contributed by atoms with Crippen molar-refractivity contribution in [1.82, 2.24) is 35.5 Å². The van der Waals surface area contributed by atoms with Gasteiger partial charge in [0.1, 0.15) is 22.7 Å². The van der Waals surface area contributed by atoms with E-state index in [-0.39, 0.29) is 47.9 Å². The number of halogens is 5. The highest BCUT2D eigenvalue weighted by molar-refractivity contribution is 7.15. The standard InChI is InChI=1S/C24H21F5N8O4S/c25-15(11-37-12-18(33-36-37)22(40)31-10-13-1-5-19(38)30-9-13)2-6-21-34-35-23(42-21)32-20(39)8-14-7-16(3-4-17(14)26)41-24(27,28)29/h1,3-5,7,9,12,15H,2,6,8,10-11H2,(H,30,38)(H,31,40)(H,32,35,39). The Bertz CT molecular complexity index is 1590. The van der Waals surface area contributed by atoms with Gasteiger partial charge in [0.25, 0.3) is 5.91 Å². The fourth-order valence-electron chi connectivity index (χ4n) is 3.52. The predicted octanol–water partition coefficient (Wildman–Crippen LogP) is 2.94. The number of hydrogen-bond donors (Lipinski definition) is 3. The molecule has 0 spiro atoms. The van der Waals surface area contributed by atoms with Crippen LogP contribution in [0.4, 0.5) is 27.1 Å². The van der Waals surface area contributed by atoms with Gasteiger partial charge in [-0.1, -0.05) is 22.6 Å². The number of rotatable bonds is 12. The molecule has 2 amide bonds. The Labute approximate surface area is 236 Å². The predicted molar refractivity (Wildman–Crippen MR) is 137 cm³/mol. The molecule has 3 aromatic heterocycles. The monoisotopic (exact) mass is 612 g/mol. The minimum Gasteiger partial charge on any atom is -0.406 e. The number of benzene rings is 1. The molecule has 0 bridgehead atoms. The summed E-state index contributed by atoms with van der Waals surface area (Å²) in [6, 6.07) is 5.20. The molecule has 18 heteroatoms. The van der Waals surface area contributed by atoms with E-state index >= 15 is 0 Å². The van der Waals surface area contributed by atoms with E-state index in [1.165, 1.54) is 23.1 Å². The highest BCUT2D eigenvalue weighted by atomic mass is 32.1. The maximum atomic E-state index is 14.6. The smallest absolute Gasteiger partial charge is 0.406 e. The number of hydrogen-bond acceptors (Lipinski definition) is 9. The summed E-state index contributed by atoms with van der Waals surface area (Å²) in [7, 11) is 0. The lowest BCUT2D eigenvalue weighted by atomic mass is 10.1. The zero-order valence-corrected chi connectivity index (χ0v) is 22.1. The van der Waals surface area contributed by atoms with E-state index in [2.05, 4.69) is 40.9 Å². The summed E-state index contributed by atoms with van der Waals surface area (Å²) >= 11 is 0.952. The highest BCUT2D eigenvalue weighted by Gasteiger charge is 2.31. The number of carbonyl (C=O) groups is 2. The number of amides is 2. The third kappa shape index (κ3) is 9.15. The molecule has 222 valence electrons. The molecule has 0 radical (unpaired) electrons. The maximum Gasteiger partial charge on any atom is 0.573 e. The number of nitrogens with zero attached hydrogens (tertiary/aromatic N) is 5. The van der Waals surface area contributed by atoms with Crippen LogP contribution >= 0.6 is 11.3 Å². The molecule has 42 heavy (non-hydrogen) atoms. The summed E-state index contributed by atoms with van der Waals surface area (Å²) in [5.41, 5.74) is 0.0565. The molecule has 0 aliphatic rings. The van der Waals surface area contributed by atoms with Crippen LogP contribution in [0.5, 0.6) is 5.75 Å². The maximum absolute atomic E-state index is 14.6. The molecule has 12 nitrogen and oxygen atoms in total. The van der Waals surface area contributed by atoms with Crippen molar-refractivity contribution < 1.29 is 36.3 Å². The summed E-state index contributed by atoms with van der Waals surface area (Å²) in [4.78, 5) is 38.1. The number of anilines is 1. The van der Waals surface area contributed by atoms with Gasteiger partial charge in [0.15, 0.2) is 5.69 Å². The van der Waals surface area contributed by atoms with Crippen molar-refractivity contribution in [2.45, 2.75) is 44.9 Å². The Morgan fingerprint density at radius 1 is 1.14 bits per heavy atom. The quantitative estimate of drug-likeness (QED) is 0.206. The number of nitrogens with one attached hydrogen (secondary N) is 3. The van der Waals surface area contributed by atoms with Gasteiger partial charge in [-0.15, -0.1) is 28.5 Å². The van der Waals surface area contributed by atoms with Gasteiger partial charge in [-0.3, -0.25) is 14.4 Å². The van der Waals surface area contributed by atoms with Gasteiger partial charge >= 0.3 is 6.36 Å². The molecular weight excluding hydrogens is 591 g/mol. The second-order valence-corrected chi connectivity index (χ2v) is 9.79. The van der Waals surface area contributed by atoms with E-state index in [4.69, 9.17) is 0 Å². The molecule has 1 unspecified atom stereocenters. The van der Waals surface area contributed by atoms with Crippen LogP contribution in [-0.2, 0) is 30.7 Å². The summed E-state index contributed by atoms with van der Waals surface area (Å²) in [6.07, 6.45) is -4.03. The van der Waals surface area contributed by atoms with Crippen LogP contribution in [-0.4, -0.2) is 54.5 Å². The molecule has 0 saturated carbocycles. The van der Waals surface area contributed by atoms with E-state index in [1.807, 2.05) is 0 Å². The number of aromatic amines is 1. The fourth-order valence-corrected chi connectivity index (χ4v) is 4.29. The van der Waals surface area contributed by atoms with Gasteiger partial charge < -0.3 is 20.4 Å². The van der Waals surface area contributed by atoms with Gasteiger partial charge in [-0.2, -0.15) is 0 Å². The third-order valence-corrected chi connectivity index (χ3v) is 6.34. The number of aromatic nitrogens is 6. The third-order valence-electron chi connectivity index (χ3n) is 5.44. The first kappa shape index (κ1) is 30.2. The lowest BCUT2D eigenvalue weighted by Gasteiger charge is -2.10. The van der Waals surface area contributed by atoms with Crippen LogP contribution in [0.1, 0.15) is 33.0 Å². The fraction of sp³-hybridized carbons (Fsp3) is 0.292. The number of aryl methyl sites for hydroxylation is 1. The topological polar surface area (TPSA) is 157 Å². The number of carbonyl (C=O) groups excluding carboxylic acids is 2. The lowest BCUT2D eigenvalue weighted by molar-refractivity contribution is -0.274. The molecule has 4 rings (SSSR count). The van der Waals surface area contributed by atoms with Crippen molar-refractivity contribution in [3.8, 4) is 5.75 Å². The van der Waals surface area contributed by atoms with Crippen molar-refractivity contribution in [3.05, 3.63) is 80.7 Å². The minimum absolute atomic E-state index is 0.00733. The van der Waals surface area contributed by atoms with Gasteiger partial charge in [-0.25, -0.2) is 13.5 Å². The largest absolute Gasteiger partial charge is 0.573 e. The van der Waals surface area contributed by atoms with Gasteiger partial charge in [0, 0.05) is 30.8 Å². The highest BCUT2D eigenvalue weighted by Crippen LogP contribution is 2.25. The molecule has 0 saturated heterocycles. The zero-order valence-electron chi connectivity index (χ0n) is 21.3. The first-order valence-corrected chi connectivity index (χ1v) is 12.9. The van der Waals surface area contributed by atoms with E-state index in [0.717, 1.165) is 29.5 Å². The van der Waals surface area contributed by atoms with Crippen LogP contribution in [0.3, 0.4) is 0 Å². The summed E-state index contributed by atoms with van der Waals surface area (Å²) in [5.74, 6) is -2.85. The van der Waals surface area contributed by atoms with E-state index in [0.29, 0.717) is 10.6 Å². The Morgan fingerprint density at radius 2 is 1.95 bits per heavy atom. The second kappa shape index (κ2) is 13.3. The van der Waals surface area contributed by atoms with Gasteiger partial charge in [0.05, 0.1) is 19.2 Å². The zero-order chi connectivity index (χ0) is 30.3. The molecule has 0 fully saturated rings. The van der Waals surface area contributed by atoms with E-state index in [9.17, 15) is 36.3 Å². The van der Waals surface area contributed by atoms with Crippen molar-refractivity contribution in [3.63, 3.8) is 0 Å². The van der Waals surface area contributed by atoms with Crippen LogP contribution in [0.15, 0.2) is 47.5 Å². The normalized spacial score (nSPS) is 12.1. The summed E-state index contributed by atoms with van der Waals surface area (Å²) < 4.78 is 70.7. The molecule has 3 heterocycles. The Morgan fingerprint density at radius 3 is 2.69 bits per heavy atom. The molecule has 1 atom stereocenters. The van der Waals surface area contributed by atoms with E-state index < -0.39 is 42.3 Å². The average Bonchev–Trinajstić information content (AvgIpc) is 3.57. The lowest BCUT2D eigenvalue weighted by Crippen LogP contribution is -2.23. The van der Waals surface area contributed by atoms with E-state index in [1.54, 1.807) is 6.07 Å². The summed E-state index contributed by atoms with van der Waals surface area (Å²) in [6.45, 7) is -0.0508. The van der Waals surface area contributed by atoms with Gasteiger partial charge in [-0.05, 0) is 30.2 Å². The number of ether oxygens (including phenoxy) is 1. The van der Waals surface area contributed by atoms with Crippen LogP contribution in [0.2, 0.25) is 0 Å². The van der Waals surface area contributed by atoms with Crippen molar-refractivity contribution in [1.29, 1.82) is 0 Å². The molecular formula is C24H21F5N8O4S. The Hall–Kier alpha value is -4.74. The minimum atomic E-state index is -4.97. The van der Waals surface area contributed by atoms with Crippen LogP contribution in [0.25, 0.3) is 0 Å². The SMILES string of the molecule is O=C(Cc1cc(OC(F)(F)F)ccc1F)Nc1nnc(CCC(F)Cn2cc(C(=O)NCc3ccc(=O)[nH]c3)nn2)s1. The molecule has 3 N–H and O–H groups in total. The van der Waals surface area contributed by atoms with Gasteiger partial charge in [0.2, 0.25) is 16.6 Å².